The van der Waals surface area contributed by atoms with Gasteiger partial charge in [0.05, 0.1) is 0 Å². The van der Waals surface area contributed by atoms with Crippen molar-refractivity contribution in [1.29, 1.82) is 0 Å². The molecule has 0 aromatic carbocycles. The molecule has 314 valence electrons. The van der Waals surface area contributed by atoms with Crippen molar-refractivity contribution < 1.29 is 28.6 Å². The summed E-state index contributed by atoms with van der Waals surface area (Å²) in [5.41, 5.74) is 0. The summed E-state index contributed by atoms with van der Waals surface area (Å²) in [6.45, 7) is 6.58. The lowest BCUT2D eigenvalue weighted by atomic mass is 10.0. The summed E-state index contributed by atoms with van der Waals surface area (Å²) in [6.07, 6.45) is 44.1. The molecular weight excluding hydrogens is 661 g/mol. The summed E-state index contributed by atoms with van der Waals surface area (Å²) < 4.78 is 16.6. The minimum atomic E-state index is -0.756. The van der Waals surface area contributed by atoms with Crippen LogP contribution in [0.4, 0.5) is 0 Å². The largest absolute Gasteiger partial charge is 0.462 e. The lowest BCUT2D eigenvalue weighted by molar-refractivity contribution is -0.167. The second-order valence-electron chi connectivity index (χ2n) is 16.0. The molecule has 0 unspecified atom stereocenters. The normalized spacial score (nSPS) is 11.8. The van der Waals surface area contributed by atoms with E-state index in [0.717, 1.165) is 64.2 Å². The van der Waals surface area contributed by atoms with Gasteiger partial charge in [-0.05, 0) is 19.3 Å². The second-order valence-corrected chi connectivity index (χ2v) is 16.0. The molecule has 0 fully saturated rings. The van der Waals surface area contributed by atoms with Crippen LogP contribution in [-0.4, -0.2) is 37.2 Å². The molecule has 6 nitrogen and oxygen atoms in total. The van der Waals surface area contributed by atoms with Crippen LogP contribution < -0.4 is 0 Å². The zero-order chi connectivity index (χ0) is 38.7. The lowest BCUT2D eigenvalue weighted by Crippen LogP contribution is -2.30. The van der Waals surface area contributed by atoms with Gasteiger partial charge in [-0.15, -0.1) is 0 Å². The highest BCUT2D eigenvalue weighted by molar-refractivity contribution is 5.71. The smallest absolute Gasteiger partial charge is 0.306 e. The first-order valence-corrected chi connectivity index (χ1v) is 23.5. The molecule has 0 rings (SSSR count). The zero-order valence-electron chi connectivity index (χ0n) is 35.8. The Kier molecular flexibility index (Phi) is 41.8. The summed E-state index contributed by atoms with van der Waals surface area (Å²) in [5.74, 6) is -0.865. The van der Waals surface area contributed by atoms with Gasteiger partial charge in [0.1, 0.15) is 13.2 Å². The molecule has 0 aliphatic carbocycles. The van der Waals surface area contributed by atoms with E-state index in [1.54, 1.807) is 0 Å². The Morgan fingerprint density at radius 2 is 0.509 bits per heavy atom. The molecule has 0 aliphatic heterocycles. The van der Waals surface area contributed by atoms with Crippen molar-refractivity contribution in [2.24, 2.45) is 0 Å². The summed E-state index contributed by atoms with van der Waals surface area (Å²) in [5, 5.41) is 0. The Bertz CT molecular complexity index is 783. The molecule has 0 aromatic rings. The maximum absolute atomic E-state index is 12.5. The molecule has 6 heteroatoms. The number of carbonyl (C=O) groups excluding carboxylic acids is 3. The lowest BCUT2D eigenvalue weighted by Gasteiger charge is -2.18. The fraction of sp³-hybridized carbons (Fsp3) is 0.936. The Labute approximate surface area is 329 Å². The standard InChI is InChI=1S/C47H90O6/c1-4-7-10-13-15-17-19-21-22-23-24-25-26-28-30-32-35-37-40-46(49)52-43-44(53-47(50)41-38-33-12-9-6-3)42-51-45(48)39-36-34-31-29-27-20-18-16-14-11-8-5-2/h44H,4-43H2,1-3H3/t44-/m1/s1. The first-order valence-electron chi connectivity index (χ1n) is 23.5. The van der Waals surface area contributed by atoms with Crippen LogP contribution in [0, 0.1) is 0 Å². The average Bonchev–Trinajstić information content (AvgIpc) is 3.15. The number of carbonyl (C=O) groups is 3. The van der Waals surface area contributed by atoms with Crippen molar-refractivity contribution in [1.82, 2.24) is 0 Å². The monoisotopic (exact) mass is 751 g/mol. The molecule has 0 spiro atoms. The van der Waals surface area contributed by atoms with Gasteiger partial charge in [-0.1, -0.05) is 226 Å². The molecule has 0 N–H and O–H groups in total. The van der Waals surface area contributed by atoms with Gasteiger partial charge in [0.15, 0.2) is 6.10 Å². The molecule has 0 heterocycles. The number of hydrogen-bond donors (Lipinski definition) is 0. The van der Waals surface area contributed by atoms with Crippen LogP contribution >= 0.6 is 0 Å². The quantitative estimate of drug-likeness (QED) is 0.0351. The fourth-order valence-corrected chi connectivity index (χ4v) is 7.03. The number of ether oxygens (including phenoxy) is 3. The highest BCUT2D eigenvalue weighted by Gasteiger charge is 2.19. The summed E-state index contributed by atoms with van der Waals surface area (Å²) in [7, 11) is 0. The van der Waals surface area contributed by atoms with E-state index in [1.807, 2.05) is 0 Å². The van der Waals surface area contributed by atoms with E-state index in [2.05, 4.69) is 20.8 Å². The third kappa shape index (κ3) is 41.4. The molecule has 0 aromatic heterocycles. The Morgan fingerprint density at radius 1 is 0.302 bits per heavy atom. The molecule has 0 saturated carbocycles. The maximum Gasteiger partial charge on any atom is 0.306 e. The first-order chi connectivity index (χ1) is 26.0. The van der Waals surface area contributed by atoms with E-state index >= 15 is 0 Å². The fourth-order valence-electron chi connectivity index (χ4n) is 7.03. The van der Waals surface area contributed by atoms with Gasteiger partial charge in [0.25, 0.3) is 0 Å². The summed E-state index contributed by atoms with van der Waals surface area (Å²) in [4.78, 5) is 37.5. The maximum atomic E-state index is 12.5. The predicted molar refractivity (Wildman–Crippen MR) is 224 cm³/mol. The topological polar surface area (TPSA) is 78.9 Å². The van der Waals surface area contributed by atoms with Gasteiger partial charge < -0.3 is 14.2 Å². The number of rotatable bonds is 43. The number of unbranched alkanes of at least 4 members (excludes halogenated alkanes) is 32. The van der Waals surface area contributed by atoms with Crippen LogP contribution in [0.5, 0.6) is 0 Å². The van der Waals surface area contributed by atoms with Gasteiger partial charge >= 0.3 is 17.9 Å². The molecule has 0 radical (unpaired) electrons. The van der Waals surface area contributed by atoms with Crippen molar-refractivity contribution in [3.8, 4) is 0 Å². The van der Waals surface area contributed by atoms with Gasteiger partial charge in [-0.2, -0.15) is 0 Å². The highest BCUT2D eigenvalue weighted by Crippen LogP contribution is 2.16. The Balaban J connectivity index is 4.07. The van der Waals surface area contributed by atoms with Gasteiger partial charge in [0.2, 0.25) is 0 Å². The summed E-state index contributed by atoms with van der Waals surface area (Å²) >= 11 is 0. The molecule has 0 amide bonds. The minimum absolute atomic E-state index is 0.0641. The van der Waals surface area contributed by atoms with Gasteiger partial charge in [-0.3, -0.25) is 14.4 Å². The van der Waals surface area contributed by atoms with Crippen LogP contribution in [0.25, 0.3) is 0 Å². The molecule has 0 aliphatic rings. The number of esters is 3. The van der Waals surface area contributed by atoms with E-state index < -0.39 is 6.10 Å². The number of hydrogen-bond acceptors (Lipinski definition) is 6. The summed E-state index contributed by atoms with van der Waals surface area (Å²) in [6, 6.07) is 0. The van der Waals surface area contributed by atoms with Crippen molar-refractivity contribution >= 4 is 17.9 Å². The minimum Gasteiger partial charge on any atom is -0.462 e. The zero-order valence-corrected chi connectivity index (χ0v) is 35.8. The molecular formula is C47H90O6. The van der Waals surface area contributed by atoms with Crippen LogP contribution in [-0.2, 0) is 28.6 Å². The average molecular weight is 751 g/mol. The van der Waals surface area contributed by atoms with Gasteiger partial charge in [-0.25, -0.2) is 0 Å². The van der Waals surface area contributed by atoms with Crippen molar-refractivity contribution in [3.05, 3.63) is 0 Å². The van der Waals surface area contributed by atoms with E-state index in [-0.39, 0.29) is 31.1 Å². The SMILES string of the molecule is CCCCCCCCCCCCCCCCCCCCC(=O)OC[C@@H](COC(=O)CCCCCCCCCCCCCC)OC(=O)CCCCCCC. The van der Waals surface area contributed by atoms with Crippen LogP contribution in [0.1, 0.15) is 265 Å². The third-order valence-corrected chi connectivity index (χ3v) is 10.6. The second kappa shape index (κ2) is 43.1. The van der Waals surface area contributed by atoms with Crippen molar-refractivity contribution in [2.75, 3.05) is 13.2 Å². The third-order valence-electron chi connectivity index (χ3n) is 10.6. The van der Waals surface area contributed by atoms with Gasteiger partial charge in [0, 0.05) is 19.3 Å². The van der Waals surface area contributed by atoms with Crippen LogP contribution in [0.3, 0.4) is 0 Å². The van der Waals surface area contributed by atoms with E-state index in [4.69, 9.17) is 14.2 Å². The first kappa shape index (κ1) is 51.4. The molecule has 0 saturated heterocycles. The Morgan fingerprint density at radius 3 is 0.755 bits per heavy atom. The van der Waals surface area contributed by atoms with Crippen molar-refractivity contribution in [3.63, 3.8) is 0 Å². The Hall–Kier alpha value is -1.59. The van der Waals surface area contributed by atoms with E-state index in [1.165, 1.54) is 161 Å². The van der Waals surface area contributed by atoms with Crippen LogP contribution in [0.15, 0.2) is 0 Å². The van der Waals surface area contributed by atoms with E-state index in [0.29, 0.717) is 19.3 Å². The molecule has 53 heavy (non-hydrogen) atoms. The van der Waals surface area contributed by atoms with Crippen molar-refractivity contribution in [2.45, 2.75) is 271 Å². The molecule has 1 atom stereocenters. The molecule has 0 bridgehead atoms. The highest BCUT2D eigenvalue weighted by atomic mass is 16.6. The van der Waals surface area contributed by atoms with E-state index in [9.17, 15) is 14.4 Å². The van der Waals surface area contributed by atoms with Crippen LogP contribution in [0.2, 0.25) is 0 Å². The predicted octanol–water partition coefficient (Wildman–Crippen LogP) is 14.9.